The fraction of sp³-hybridized carbons (Fsp3) is 0.795. The third-order valence-corrected chi connectivity index (χ3v) is 11.1. The van der Waals surface area contributed by atoms with Crippen molar-refractivity contribution in [2.75, 3.05) is 26.2 Å². The molecule has 0 spiro atoms. The standard InChI is InChI=1S/C39H66N6O7/c1-9-11-15-28(31(46)34(48)40-21-10-2)42-33(47)30-27(25(3)4)18-22-45(30)35(49)32(39(8)19-13-12-14-20-39)44-36(50)43-29(38(5,6)7)24-52-37(51)41-23-26-16-17-26/h10,25-30,32H,2,9,11-24H2,1,3-8H3,(H,40,48)(H,41,51)(H,42,47)(H2,43,44,50)/t27-,28?,29-,30+,32-/m1/s1. The maximum Gasteiger partial charge on any atom is 0.407 e. The Hall–Kier alpha value is -3.64. The molecule has 3 aliphatic rings. The summed E-state index contributed by atoms with van der Waals surface area (Å²) in [4.78, 5) is 82.6. The molecule has 2 aliphatic carbocycles. The second-order valence-electron chi connectivity index (χ2n) is 16.8. The van der Waals surface area contributed by atoms with Crippen molar-refractivity contribution in [2.45, 2.75) is 143 Å². The molecule has 6 amide bonds. The molecule has 0 aromatic heterocycles. The van der Waals surface area contributed by atoms with E-state index in [0.29, 0.717) is 38.3 Å². The van der Waals surface area contributed by atoms with E-state index in [4.69, 9.17) is 4.74 Å². The molecule has 1 aliphatic heterocycles. The highest BCUT2D eigenvalue weighted by molar-refractivity contribution is 6.38. The molecule has 3 fully saturated rings. The van der Waals surface area contributed by atoms with Crippen LogP contribution < -0.4 is 26.6 Å². The normalized spacial score (nSPS) is 21.7. The van der Waals surface area contributed by atoms with Crippen LogP contribution in [0.5, 0.6) is 0 Å². The predicted octanol–water partition coefficient (Wildman–Crippen LogP) is 4.59. The number of Topliss-reactive ketones (excluding diaryl/α,β-unsaturated/α-hetero) is 1. The molecule has 0 radical (unpaired) electrons. The summed E-state index contributed by atoms with van der Waals surface area (Å²) in [6.45, 7) is 18.4. The highest BCUT2D eigenvalue weighted by Gasteiger charge is 2.50. The van der Waals surface area contributed by atoms with E-state index in [2.05, 4.69) is 33.2 Å². The molecule has 1 heterocycles. The largest absolute Gasteiger partial charge is 0.447 e. The highest BCUT2D eigenvalue weighted by Crippen LogP contribution is 2.41. The van der Waals surface area contributed by atoms with Gasteiger partial charge in [-0.05, 0) is 67.1 Å². The summed E-state index contributed by atoms with van der Waals surface area (Å²) in [5, 5.41) is 14.2. The lowest BCUT2D eigenvalue weighted by molar-refractivity contribution is -0.145. The van der Waals surface area contributed by atoms with Crippen LogP contribution in [-0.2, 0) is 23.9 Å². The number of rotatable bonds is 18. The first-order chi connectivity index (χ1) is 24.5. The zero-order valence-electron chi connectivity index (χ0n) is 32.7. The number of urea groups is 1. The number of amides is 6. The number of nitrogens with zero attached hydrogens (tertiary/aromatic N) is 1. The number of nitrogens with one attached hydrogen (secondary N) is 5. The van der Waals surface area contributed by atoms with Crippen LogP contribution in [0.15, 0.2) is 12.7 Å². The number of carbonyl (C=O) groups is 6. The van der Waals surface area contributed by atoms with Crippen molar-refractivity contribution in [1.82, 2.24) is 31.5 Å². The minimum absolute atomic E-state index is 0.0444. The van der Waals surface area contributed by atoms with E-state index in [1.807, 2.05) is 48.5 Å². The molecule has 1 unspecified atom stereocenters. The van der Waals surface area contributed by atoms with Crippen LogP contribution in [-0.4, -0.2) is 90.9 Å². The number of likely N-dealkylation sites (tertiary alicyclic amines) is 1. The van der Waals surface area contributed by atoms with E-state index in [1.165, 1.54) is 6.08 Å². The summed E-state index contributed by atoms with van der Waals surface area (Å²) in [7, 11) is 0. The lowest BCUT2D eigenvalue weighted by Crippen LogP contribution is -2.63. The summed E-state index contributed by atoms with van der Waals surface area (Å²) >= 11 is 0. The van der Waals surface area contributed by atoms with Gasteiger partial charge in [0.15, 0.2) is 0 Å². The van der Waals surface area contributed by atoms with E-state index in [0.717, 1.165) is 51.4 Å². The molecule has 0 aromatic rings. The summed E-state index contributed by atoms with van der Waals surface area (Å²) in [6, 6.07) is -3.95. The second-order valence-corrected chi connectivity index (χ2v) is 16.8. The first-order valence-corrected chi connectivity index (χ1v) is 19.5. The number of hydrogen-bond donors (Lipinski definition) is 5. The van der Waals surface area contributed by atoms with E-state index in [9.17, 15) is 28.8 Å². The topological polar surface area (TPSA) is 175 Å². The minimum atomic E-state index is -1.04. The summed E-state index contributed by atoms with van der Waals surface area (Å²) in [5.74, 6) is -1.99. The van der Waals surface area contributed by atoms with Crippen molar-refractivity contribution < 1.29 is 33.5 Å². The Morgan fingerprint density at radius 1 is 0.962 bits per heavy atom. The van der Waals surface area contributed by atoms with Crippen LogP contribution in [0.4, 0.5) is 9.59 Å². The molecular weight excluding hydrogens is 664 g/mol. The number of hydrogen-bond acceptors (Lipinski definition) is 7. The molecular formula is C39H66N6O7. The molecule has 0 aromatic carbocycles. The minimum Gasteiger partial charge on any atom is -0.447 e. The molecule has 13 nitrogen and oxygen atoms in total. The van der Waals surface area contributed by atoms with Crippen molar-refractivity contribution in [2.24, 2.45) is 28.6 Å². The first kappa shape index (κ1) is 42.8. The van der Waals surface area contributed by atoms with Gasteiger partial charge in [0.05, 0.1) is 12.1 Å². The molecule has 52 heavy (non-hydrogen) atoms. The number of unbranched alkanes of at least 4 members (excludes halogenated alkanes) is 1. The Labute approximate surface area is 310 Å². The van der Waals surface area contributed by atoms with Gasteiger partial charge in [-0.15, -0.1) is 6.58 Å². The SMILES string of the molecule is C=CCNC(=O)C(=O)C(CCCC)NC(=O)[C@@H]1[C@@H](C(C)C)CCN1C(=O)[C@@H](NC(=O)N[C@H](COC(=O)NCC1CC1)C(C)(C)C)C1(C)CCCCC1. The number of alkyl carbamates (subject to hydrolysis) is 1. The summed E-state index contributed by atoms with van der Waals surface area (Å²) in [5.41, 5.74) is -1.04. The predicted molar refractivity (Wildman–Crippen MR) is 200 cm³/mol. The first-order valence-electron chi connectivity index (χ1n) is 19.5. The maximum absolute atomic E-state index is 14.8. The monoisotopic (exact) mass is 730 g/mol. The van der Waals surface area contributed by atoms with Gasteiger partial charge in [-0.2, -0.15) is 0 Å². The summed E-state index contributed by atoms with van der Waals surface area (Å²) in [6.07, 6.45) is 9.70. The van der Waals surface area contributed by atoms with E-state index < -0.39 is 64.7 Å². The third kappa shape index (κ3) is 12.2. The number of ether oxygens (including phenoxy) is 1. The quantitative estimate of drug-likeness (QED) is 0.101. The van der Waals surface area contributed by atoms with E-state index in [-0.39, 0.29) is 30.9 Å². The van der Waals surface area contributed by atoms with Gasteiger partial charge >= 0.3 is 12.1 Å². The lowest BCUT2D eigenvalue weighted by Gasteiger charge is -2.43. The van der Waals surface area contributed by atoms with Crippen molar-refractivity contribution in [1.29, 1.82) is 0 Å². The number of carbonyl (C=O) groups excluding carboxylic acids is 6. The van der Waals surface area contributed by atoms with Gasteiger partial charge in [-0.25, -0.2) is 9.59 Å². The smallest absolute Gasteiger partial charge is 0.407 e. The van der Waals surface area contributed by atoms with Gasteiger partial charge in [0, 0.05) is 19.6 Å². The molecule has 5 atom stereocenters. The Morgan fingerprint density at radius 3 is 2.21 bits per heavy atom. The second kappa shape index (κ2) is 19.4. The molecule has 3 rings (SSSR count). The van der Waals surface area contributed by atoms with Gasteiger partial charge < -0.3 is 36.2 Å². The van der Waals surface area contributed by atoms with Gasteiger partial charge in [0.25, 0.3) is 5.91 Å². The average molecular weight is 731 g/mol. The van der Waals surface area contributed by atoms with Crippen LogP contribution in [0, 0.1) is 28.6 Å². The van der Waals surface area contributed by atoms with Crippen molar-refractivity contribution in [3.05, 3.63) is 12.7 Å². The Kier molecular flexibility index (Phi) is 16.0. The van der Waals surface area contributed by atoms with Gasteiger partial charge in [0.2, 0.25) is 17.6 Å². The van der Waals surface area contributed by atoms with E-state index >= 15 is 0 Å². The lowest BCUT2D eigenvalue weighted by atomic mass is 9.70. The molecule has 2 saturated carbocycles. The molecule has 0 bridgehead atoms. The highest BCUT2D eigenvalue weighted by atomic mass is 16.5. The molecule has 13 heteroatoms. The zero-order chi connectivity index (χ0) is 38.6. The molecule has 294 valence electrons. The molecule has 1 saturated heterocycles. The van der Waals surface area contributed by atoms with Crippen LogP contribution in [0.3, 0.4) is 0 Å². The zero-order valence-corrected chi connectivity index (χ0v) is 32.7. The van der Waals surface area contributed by atoms with Crippen molar-refractivity contribution in [3.8, 4) is 0 Å². The molecule has 5 N–H and O–H groups in total. The Bertz CT molecular complexity index is 1270. The summed E-state index contributed by atoms with van der Waals surface area (Å²) < 4.78 is 5.50. The fourth-order valence-corrected chi connectivity index (χ4v) is 7.39. The number of ketones is 1. The van der Waals surface area contributed by atoms with Gasteiger partial charge in [0.1, 0.15) is 18.7 Å². The van der Waals surface area contributed by atoms with Gasteiger partial charge in [-0.3, -0.25) is 19.2 Å². The van der Waals surface area contributed by atoms with Crippen LogP contribution in [0.2, 0.25) is 0 Å². The van der Waals surface area contributed by atoms with Crippen LogP contribution in [0.25, 0.3) is 0 Å². The van der Waals surface area contributed by atoms with Crippen LogP contribution in [0.1, 0.15) is 119 Å². The van der Waals surface area contributed by atoms with Crippen LogP contribution >= 0.6 is 0 Å². The third-order valence-electron chi connectivity index (χ3n) is 11.1. The Morgan fingerprint density at radius 2 is 1.63 bits per heavy atom. The fourth-order valence-electron chi connectivity index (χ4n) is 7.39. The average Bonchev–Trinajstić information content (AvgIpc) is 3.82. The Balaban J connectivity index is 1.85. The van der Waals surface area contributed by atoms with Crippen molar-refractivity contribution in [3.63, 3.8) is 0 Å². The van der Waals surface area contributed by atoms with E-state index in [1.54, 1.807) is 4.90 Å². The van der Waals surface area contributed by atoms with Crippen molar-refractivity contribution >= 4 is 35.6 Å². The maximum atomic E-state index is 14.8. The van der Waals surface area contributed by atoms with Gasteiger partial charge in [-0.1, -0.05) is 86.6 Å².